The summed E-state index contributed by atoms with van der Waals surface area (Å²) in [4.78, 5) is 26.0. The number of carbonyl (C=O) groups excluding carboxylic acids is 1. The quantitative estimate of drug-likeness (QED) is 0.543. The van der Waals surface area contributed by atoms with E-state index in [-0.39, 0.29) is 17.5 Å². The minimum absolute atomic E-state index is 0.0615. The number of nitrogens with zero attached hydrogens (tertiary/aromatic N) is 4. The van der Waals surface area contributed by atoms with Gasteiger partial charge in [0.05, 0.1) is 5.75 Å². The number of hydrogen-bond acceptors (Lipinski definition) is 6. The zero-order valence-electron chi connectivity index (χ0n) is 18.0. The first-order valence-corrected chi connectivity index (χ1v) is 11.7. The number of halogens is 1. The van der Waals surface area contributed by atoms with Crippen molar-refractivity contribution in [2.75, 3.05) is 47.0 Å². The Kier molecular flexibility index (Phi) is 7.21. The zero-order valence-corrected chi connectivity index (χ0v) is 18.8. The number of carbonyl (C=O) groups is 1. The summed E-state index contributed by atoms with van der Waals surface area (Å²) in [5.41, 5.74) is 2.99. The fourth-order valence-corrected chi connectivity index (χ4v) is 4.52. The predicted octanol–water partition coefficient (Wildman–Crippen LogP) is 4.24. The summed E-state index contributed by atoms with van der Waals surface area (Å²) in [5, 5.41) is 3.76. The molecule has 6 nitrogen and oxygen atoms in total. The molecule has 166 valence electrons. The maximum Gasteiger partial charge on any atom is 0.234 e. The number of piperazine rings is 1. The summed E-state index contributed by atoms with van der Waals surface area (Å²) >= 11 is 1.40. The smallest absolute Gasteiger partial charge is 0.234 e. The standard InChI is InChI=1S/C24H26FN5OS/c1-2-18-5-3-4-6-21(18)28-22(31)17-32-24-23(26-11-12-27-24)30-15-13-29(14-16-30)20-9-7-19(25)8-10-20/h3-12H,2,13-17H2,1H3,(H,28,31). The second-order valence-electron chi connectivity index (χ2n) is 7.48. The van der Waals surface area contributed by atoms with Gasteiger partial charge in [-0.2, -0.15) is 0 Å². The highest BCUT2D eigenvalue weighted by Crippen LogP contribution is 2.28. The molecular formula is C24H26FN5OS. The molecule has 2 aromatic carbocycles. The topological polar surface area (TPSA) is 61.4 Å². The average molecular weight is 452 g/mol. The second-order valence-corrected chi connectivity index (χ2v) is 8.45. The summed E-state index contributed by atoms with van der Waals surface area (Å²) in [6.45, 7) is 5.24. The average Bonchev–Trinajstić information content (AvgIpc) is 2.84. The normalized spacial score (nSPS) is 13.8. The van der Waals surface area contributed by atoms with E-state index in [1.54, 1.807) is 12.4 Å². The Morgan fingerprint density at radius 3 is 2.44 bits per heavy atom. The van der Waals surface area contributed by atoms with Gasteiger partial charge in [-0.3, -0.25) is 4.79 Å². The van der Waals surface area contributed by atoms with Crippen LogP contribution in [0.3, 0.4) is 0 Å². The van der Waals surface area contributed by atoms with Crippen LogP contribution in [0.5, 0.6) is 0 Å². The van der Waals surface area contributed by atoms with E-state index in [4.69, 9.17) is 0 Å². The summed E-state index contributed by atoms with van der Waals surface area (Å²) in [6.07, 6.45) is 4.20. The van der Waals surface area contributed by atoms with Crippen molar-refractivity contribution in [2.45, 2.75) is 18.4 Å². The van der Waals surface area contributed by atoms with Crippen molar-refractivity contribution in [3.05, 3.63) is 72.3 Å². The van der Waals surface area contributed by atoms with Crippen LogP contribution < -0.4 is 15.1 Å². The van der Waals surface area contributed by atoms with Crippen molar-refractivity contribution in [3.8, 4) is 0 Å². The van der Waals surface area contributed by atoms with E-state index in [1.807, 2.05) is 36.4 Å². The monoisotopic (exact) mass is 451 g/mol. The Morgan fingerprint density at radius 2 is 1.69 bits per heavy atom. The van der Waals surface area contributed by atoms with Crippen LogP contribution >= 0.6 is 11.8 Å². The van der Waals surface area contributed by atoms with Gasteiger partial charge >= 0.3 is 0 Å². The van der Waals surface area contributed by atoms with E-state index in [2.05, 4.69) is 32.0 Å². The largest absolute Gasteiger partial charge is 0.368 e. The fourth-order valence-electron chi connectivity index (χ4n) is 3.74. The molecule has 1 saturated heterocycles. The molecule has 0 atom stereocenters. The maximum atomic E-state index is 13.2. The minimum atomic E-state index is -0.226. The first-order valence-electron chi connectivity index (χ1n) is 10.7. The highest BCUT2D eigenvalue weighted by atomic mass is 32.2. The number of aryl methyl sites for hydroxylation is 1. The SMILES string of the molecule is CCc1ccccc1NC(=O)CSc1nccnc1N1CCN(c2ccc(F)cc2)CC1. The van der Waals surface area contributed by atoms with Gasteiger partial charge in [-0.15, -0.1) is 0 Å². The summed E-state index contributed by atoms with van der Waals surface area (Å²) < 4.78 is 13.2. The number of anilines is 3. The van der Waals surface area contributed by atoms with E-state index in [0.717, 1.165) is 60.4 Å². The lowest BCUT2D eigenvalue weighted by molar-refractivity contribution is -0.113. The molecule has 1 aliphatic heterocycles. The molecular weight excluding hydrogens is 425 g/mol. The molecule has 0 spiro atoms. The molecule has 3 aromatic rings. The molecule has 0 radical (unpaired) electrons. The Hall–Kier alpha value is -3.13. The summed E-state index contributed by atoms with van der Waals surface area (Å²) in [6, 6.07) is 14.4. The van der Waals surface area contributed by atoms with Crippen molar-refractivity contribution >= 4 is 34.9 Å². The van der Waals surface area contributed by atoms with Gasteiger partial charge in [-0.05, 0) is 42.3 Å². The van der Waals surface area contributed by atoms with Crippen LogP contribution in [0.4, 0.5) is 21.6 Å². The number of amides is 1. The van der Waals surface area contributed by atoms with Crippen LogP contribution in [0.25, 0.3) is 0 Å². The molecule has 2 heterocycles. The van der Waals surface area contributed by atoms with Gasteiger partial charge in [0.2, 0.25) is 5.91 Å². The zero-order chi connectivity index (χ0) is 22.3. The van der Waals surface area contributed by atoms with Gasteiger partial charge in [-0.1, -0.05) is 36.9 Å². The first-order chi connectivity index (χ1) is 15.6. The van der Waals surface area contributed by atoms with Gasteiger partial charge in [0.1, 0.15) is 10.8 Å². The third kappa shape index (κ3) is 5.37. The van der Waals surface area contributed by atoms with Crippen LogP contribution in [0, 0.1) is 5.82 Å². The van der Waals surface area contributed by atoms with Gasteiger partial charge in [-0.25, -0.2) is 14.4 Å². The number of nitrogens with one attached hydrogen (secondary N) is 1. The highest BCUT2D eigenvalue weighted by molar-refractivity contribution is 8.00. The number of hydrogen-bond donors (Lipinski definition) is 1. The fraction of sp³-hybridized carbons (Fsp3) is 0.292. The molecule has 1 aromatic heterocycles. The molecule has 4 rings (SSSR count). The van der Waals surface area contributed by atoms with Gasteiger partial charge in [0.15, 0.2) is 5.82 Å². The molecule has 0 unspecified atom stereocenters. The third-order valence-electron chi connectivity index (χ3n) is 5.43. The predicted molar refractivity (Wildman–Crippen MR) is 128 cm³/mol. The maximum absolute atomic E-state index is 13.2. The molecule has 32 heavy (non-hydrogen) atoms. The van der Waals surface area contributed by atoms with Gasteiger partial charge in [0.25, 0.3) is 0 Å². The van der Waals surface area contributed by atoms with Crippen LogP contribution in [0.2, 0.25) is 0 Å². The van der Waals surface area contributed by atoms with Gasteiger partial charge in [0, 0.05) is 49.9 Å². The highest BCUT2D eigenvalue weighted by Gasteiger charge is 2.22. The summed E-state index contributed by atoms with van der Waals surface area (Å²) in [7, 11) is 0. The van der Waals surface area contributed by atoms with E-state index < -0.39 is 0 Å². The lowest BCUT2D eigenvalue weighted by Gasteiger charge is -2.37. The van der Waals surface area contributed by atoms with Gasteiger partial charge < -0.3 is 15.1 Å². The van der Waals surface area contributed by atoms with Crippen molar-refractivity contribution in [3.63, 3.8) is 0 Å². The van der Waals surface area contributed by atoms with Crippen LogP contribution in [0.15, 0.2) is 66.0 Å². The van der Waals surface area contributed by atoms with Crippen LogP contribution in [-0.2, 0) is 11.2 Å². The van der Waals surface area contributed by atoms with Crippen molar-refractivity contribution < 1.29 is 9.18 Å². The minimum Gasteiger partial charge on any atom is -0.368 e. The number of aromatic nitrogens is 2. The van der Waals surface area contributed by atoms with E-state index in [9.17, 15) is 9.18 Å². The van der Waals surface area contributed by atoms with Crippen molar-refractivity contribution in [2.24, 2.45) is 0 Å². The molecule has 1 N–H and O–H groups in total. The number of rotatable bonds is 7. The summed E-state index contributed by atoms with van der Waals surface area (Å²) in [5.74, 6) is 0.779. The van der Waals surface area contributed by atoms with Crippen molar-refractivity contribution in [1.82, 2.24) is 9.97 Å². The Labute approximate surface area is 191 Å². The molecule has 1 amide bonds. The Morgan fingerprint density at radius 1 is 1.00 bits per heavy atom. The molecule has 1 fully saturated rings. The second kappa shape index (κ2) is 10.5. The Balaban J connectivity index is 1.36. The lowest BCUT2D eigenvalue weighted by atomic mass is 10.1. The lowest BCUT2D eigenvalue weighted by Crippen LogP contribution is -2.47. The molecule has 1 aliphatic rings. The number of thioether (sulfide) groups is 1. The van der Waals surface area contributed by atoms with E-state index >= 15 is 0 Å². The third-order valence-corrected chi connectivity index (χ3v) is 6.40. The van der Waals surface area contributed by atoms with E-state index in [1.165, 1.54) is 23.9 Å². The van der Waals surface area contributed by atoms with Crippen LogP contribution in [-0.4, -0.2) is 47.8 Å². The Bertz CT molecular complexity index is 1050. The molecule has 0 aliphatic carbocycles. The van der Waals surface area contributed by atoms with E-state index in [0.29, 0.717) is 0 Å². The van der Waals surface area contributed by atoms with Crippen molar-refractivity contribution in [1.29, 1.82) is 0 Å². The number of para-hydroxylation sites is 1. The molecule has 0 bridgehead atoms. The molecule has 0 saturated carbocycles. The molecule has 8 heteroatoms. The van der Waals surface area contributed by atoms with Crippen LogP contribution in [0.1, 0.15) is 12.5 Å². The first kappa shape index (κ1) is 22.1. The number of benzene rings is 2.